The molecule has 1 aliphatic rings. The van der Waals surface area contributed by atoms with Crippen molar-refractivity contribution in [2.75, 3.05) is 26.2 Å². The highest BCUT2D eigenvalue weighted by molar-refractivity contribution is 9.11. The summed E-state index contributed by atoms with van der Waals surface area (Å²) in [6.07, 6.45) is -0.0255. The molecule has 2 rings (SSSR count). The molecule has 1 unspecified atom stereocenters. The lowest BCUT2D eigenvalue weighted by Gasteiger charge is -2.31. The number of hydrogen-bond acceptors (Lipinski definition) is 4. The number of aromatic nitrogens is 2. The third-order valence-corrected chi connectivity index (χ3v) is 3.38. The molecular formula is C10H13Br2N3O. The van der Waals surface area contributed by atoms with Gasteiger partial charge in [0.2, 0.25) is 0 Å². The zero-order valence-corrected chi connectivity index (χ0v) is 12.2. The van der Waals surface area contributed by atoms with Crippen molar-refractivity contribution in [1.29, 1.82) is 0 Å². The van der Waals surface area contributed by atoms with Crippen LogP contribution in [0.25, 0.3) is 0 Å². The minimum Gasteiger partial charge on any atom is -0.368 e. The van der Waals surface area contributed by atoms with Crippen LogP contribution in [-0.2, 0) is 4.74 Å². The van der Waals surface area contributed by atoms with Gasteiger partial charge in [0, 0.05) is 19.2 Å². The molecule has 0 saturated carbocycles. The standard InChI is InChI=1S/C10H13Br2N3O/c1-2-15-3-4-16-7(6-15)10-13-8(11)5-9(12)14-10/h5,7H,2-4,6H2,1H3. The first-order valence-corrected chi connectivity index (χ1v) is 6.81. The third kappa shape index (κ3) is 3.00. The zero-order valence-electron chi connectivity index (χ0n) is 8.99. The topological polar surface area (TPSA) is 38.2 Å². The van der Waals surface area contributed by atoms with Gasteiger partial charge in [-0.1, -0.05) is 6.92 Å². The second kappa shape index (κ2) is 5.53. The second-order valence-corrected chi connectivity index (χ2v) is 5.25. The van der Waals surface area contributed by atoms with E-state index >= 15 is 0 Å². The van der Waals surface area contributed by atoms with E-state index in [-0.39, 0.29) is 6.10 Å². The monoisotopic (exact) mass is 349 g/mol. The molecule has 0 amide bonds. The van der Waals surface area contributed by atoms with Crippen molar-refractivity contribution in [2.45, 2.75) is 13.0 Å². The predicted octanol–water partition coefficient (Wildman–Crippen LogP) is 2.39. The van der Waals surface area contributed by atoms with E-state index < -0.39 is 0 Å². The Morgan fingerprint density at radius 1 is 1.44 bits per heavy atom. The quantitative estimate of drug-likeness (QED) is 0.767. The zero-order chi connectivity index (χ0) is 11.5. The van der Waals surface area contributed by atoms with Crippen molar-refractivity contribution in [2.24, 2.45) is 0 Å². The Hall–Kier alpha value is -0.0400. The smallest absolute Gasteiger partial charge is 0.160 e. The average molecular weight is 351 g/mol. The Bertz CT molecular complexity index is 355. The molecule has 0 radical (unpaired) electrons. The van der Waals surface area contributed by atoms with E-state index in [4.69, 9.17) is 4.74 Å². The Morgan fingerprint density at radius 2 is 2.12 bits per heavy atom. The Kier molecular flexibility index (Phi) is 4.29. The molecule has 1 aliphatic heterocycles. The highest BCUT2D eigenvalue weighted by Gasteiger charge is 2.23. The van der Waals surface area contributed by atoms with Crippen LogP contribution < -0.4 is 0 Å². The van der Waals surface area contributed by atoms with Crippen molar-refractivity contribution in [3.05, 3.63) is 21.1 Å². The van der Waals surface area contributed by atoms with Crippen LogP contribution in [0.3, 0.4) is 0 Å². The molecule has 6 heteroatoms. The summed E-state index contributed by atoms with van der Waals surface area (Å²) in [6.45, 7) is 5.78. The van der Waals surface area contributed by atoms with Crippen molar-refractivity contribution in [3.63, 3.8) is 0 Å². The molecule has 1 aromatic heterocycles. The average Bonchev–Trinajstić information content (AvgIpc) is 2.28. The van der Waals surface area contributed by atoms with Gasteiger partial charge in [0.1, 0.15) is 15.3 Å². The summed E-state index contributed by atoms with van der Waals surface area (Å²) in [5.41, 5.74) is 0. The number of ether oxygens (including phenoxy) is 1. The molecule has 0 spiro atoms. The first-order valence-electron chi connectivity index (χ1n) is 5.23. The highest BCUT2D eigenvalue weighted by atomic mass is 79.9. The van der Waals surface area contributed by atoms with Gasteiger partial charge in [0.15, 0.2) is 5.82 Å². The van der Waals surface area contributed by atoms with E-state index in [2.05, 4.69) is 53.7 Å². The summed E-state index contributed by atoms with van der Waals surface area (Å²) >= 11 is 6.72. The second-order valence-electron chi connectivity index (χ2n) is 3.62. The van der Waals surface area contributed by atoms with Crippen LogP contribution in [-0.4, -0.2) is 41.1 Å². The first-order chi connectivity index (χ1) is 7.69. The van der Waals surface area contributed by atoms with Crippen LogP contribution in [0.1, 0.15) is 18.9 Å². The van der Waals surface area contributed by atoms with Gasteiger partial charge in [-0.2, -0.15) is 0 Å². The van der Waals surface area contributed by atoms with E-state index in [1.165, 1.54) is 0 Å². The van der Waals surface area contributed by atoms with Crippen LogP contribution in [0, 0.1) is 0 Å². The summed E-state index contributed by atoms with van der Waals surface area (Å²) in [4.78, 5) is 11.0. The van der Waals surface area contributed by atoms with Gasteiger partial charge in [0.05, 0.1) is 6.61 Å². The molecule has 16 heavy (non-hydrogen) atoms. The van der Waals surface area contributed by atoms with E-state index in [0.29, 0.717) is 0 Å². The van der Waals surface area contributed by atoms with Crippen molar-refractivity contribution in [1.82, 2.24) is 14.9 Å². The van der Waals surface area contributed by atoms with Gasteiger partial charge >= 0.3 is 0 Å². The van der Waals surface area contributed by atoms with E-state index in [9.17, 15) is 0 Å². The molecule has 0 N–H and O–H groups in total. The summed E-state index contributed by atoms with van der Waals surface area (Å²) < 4.78 is 7.26. The minimum atomic E-state index is -0.0255. The molecule has 0 bridgehead atoms. The number of likely N-dealkylation sites (N-methyl/N-ethyl adjacent to an activating group) is 1. The number of hydrogen-bond donors (Lipinski definition) is 0. The van der Waals surface area contributed by atoms with Gasteiger partial charge in [-0.25, -0.2) is 9.97 Å². The van der Waals surface area contributed by atoms with Crippen LogP contribution in [0.15, 0.2) is 15.3 Å². The predicted molar refractivity (Wildman–Crippen MR) is 68.2 cm³/mol. The van der Waals surface area contributed by atoms with Gasteiger partial charge in [-0.05, 0) is 38.4 Å². The SMILES string of the molecule is CCN1CCOC(c2nc(Br)cc(Br)n2)C1. The lowest BCUT2D eigenvalue weighted by molar-refractivity contribution is -0.0327. The molecule has 4 nitrogen and oxygen atoms in total. The van der Waals surface area contributed by atoms with E-state index in [1.54, 1.807) is 0 Å². The number of halogens is 2. The van der Waals surface area contributed by atoms with Crippen molar-refractivity contribution >= 4 is 31.9 Å². The van der Waals surface area contributed by atoms with Crippen molar-refractivity contribution < 1.29 is 4.74 Å². The fourth-order valence-corrected chi connectivity index (χ4v) is 2.80. The molecule has 1 saturated heterocycles. The maximum Gasteiger partial charge on any atom is 0.160 e. The summed E-state index contributed by atoms with van der Waals surface area (Å²) in [5.74, 6) is 0.736. The Labute approximate surface area is 112 Å². The maximum absolute atomic E-state index is 5.70. The van der Waals surface area contributed by atoms with Crippen LogP contribution >= 0.6 is 31.9 Å². The molecule has 0 aliphatic carbocycles. The fraction of sp³-hybridized carbons (Fsp3) is 0.600. The Morgan fingerprint density at radius 3 is 2.75 bits per heavy atom. The number of rotatable bonds is 2. The molecule has 2 heterocycles. The molecule has 88 valence electrons. The lowest BCUT2D eigenvalue weighted by atomic mass is 10.2. The molecule has 1 fully saturated rings. The van der Waals surface area contributed by atoms with Gasteiger partial charge in [-0.3, -0.25) is 4.90 Å². The first kappa shape index (κ1) is 12.4. The largest absolute Gasteiger partial charge is 0.368 e. The number of morpholine rings is 1. The number of nitrogens with zero attached hydrogens (tertiary/aromatic N) is 3. The Balaban J connectivity index is 2.16. The maximum atomic E-state index is 5.70. The summed E-state index contributed by atoms with van der Waals surface area (Å²) in [7, 11) is 0. The van der Waals surface area contributed by atoms with E-state index in [1.807, 2.05) is 6.07 Å². The van der Waals surface area contributed by atoms with Crippen LogP contribution in [0.4, 0.5) is 0 Å². The molecule has 1 aromatic rings. The lowest BCUT2D eigenvalue weighted by Crippen LogP contribution is -2.38. The van der Waals surface area contributed by atoms with Gasteiger partial charge in [0.25, 0.3) is 0 Å². The minimum absolute atomic E-state index is 0.0255. The van der Waals surface area contributed by atoms with Gasteiger partial charge < -0.3 is 4.74 Å². The molecule has 0 aromatic carbocycles. The fourth-order valence-electron chi connectivity index (χ4n) is 1.70. The summed E-state index contributed by atoms with van der Waals surface area (Å²) in [6, 6.07) is 1.82. The van der Waals surface area contributed by atoms with Crippen LogP contribution in [0.2, 0.25) is 0 Å². The normalized spacial score (nSPS) is 22.3. The third-order valence-electron chi connectivity index (χ3n) is 2.57. The highest BCUT2D eigenvalue weighted by Crippen LogP contribution is 2.22. The van der Waals surface area contributed by atoms with Gasteiger partial charge in [-0.15, -0.1) is 0 Å². The van der Waals surface area contributed by atoms with Crippen molar-refractivity contribution in [3.8, 4) is 0 Å². The molecule has 1 atom stereocenters. The van der Waals surface area contributed by atoms with Crippen LogP contribution in [0.5, 0.6) is 0 Å². The summed E-state index contributed by atoms with van der Waals surface area (Å²) in [5, 5.41) is 0. The van der Waals surface area contributed by atoms with E-state index in [0.717, 1.165) is 41.3 Å². The molecular weight excluding hydrogens is 338 g/mol.